The van der Waals surface area contributed by atoms with Crippen LogP contribution in [-0.2, 0) is 9.59 Å². The number of carbonyl (C=O) groups is 2. The van der Waals surface area contributed by atoms with Gasteiger partial charge >= 0.3 is 5.97 Å². The van der Waals surface area contributed by atoms with Crippen LogP contribution in [0.15, 0.2) is 10.3 Å². The van der Waals surface area contributed by atoms with Crippen molar-refractivity contribution in [1.82, 2.24) is 14.7 Å². The first-order valence-electron chi connectivity index (χ1n) is 8.05. The van der Waals surface area contributed by atoms with Gasteiger partial charge in [-0.15, -0.1) is 11.8 Å². The van der Waals surface area contributed by atoms with Crippen molar-refractivity contribution in [2.24, 2.45) is 5.92 Å². The van der Waals surface area contributed by atoms with E-state index in [0.717, 1.165) is 30.5 Å². The van der Waals surface area contributed by atoms with Crippen LogP contribution in [-0.4, -0.2) is 91.9 Å². The second-order valence-corrected chi connectivity index (χ2v) is 9.15. The molecule has 3 fully saturated rings. The number of carbonyl (C=O) groups excluding carboxylic acids is 1. The quantitative estimate of drug-likeness (QED) is 0.516. The zero-order valence-corrected chi connectivity index (χ0v) is 16.4. The van der Waals surface area contributed by atoms with Crippen LogP contribution in [0.4, 0.5) is 0 Å². The monoisotopic (exact) mass is 403 g/mol. The summed E-state index contributed by atoms with van der Waals surface area (Å²) in [6.07, 6.45) is -0.783. The van der Waals surface area contributed by atoms with E-state index in [-0.39, 0.29) is 11.3 Å². The maximum Gasteiger partial charge on any atom is 0.331 e. The number of aliphatic carboxylic acids is 1. The number of hydrogen-bond acceptors (Lipinski definition) is 7. The predicted octanol–water partition coefficient (Wildman–Crippen LogP) is 0.459. The number of thiocarbonyl (C=S) groups is 1. The molecule has 0 aliphatic carbocycles. The summed E-state index contributed by atoms with van der Waals surface area (Å²) in [5, 5.41) is 20.7. The minimum absolute atomic E-state index is 0.296. The molecule has 0 aromatic carbocycles. The van der Waals surface area contributed by atoms with Gasteiger partial charge in [0.15, 0.2) is 6.04 Å². The van der Waals surface area contributed by atoms with Crippen molar-refractivity contribution >= 4 is 51.9 Å². The molecule has 138 valence electrons. The molecule has 0 aromatic rings. The summed E-state index contributed by atoms with van der Waals surface area (Å²) in [7, 11) is 2.07. The van der Waals surface area contributed by atoms with Crippen LogP contribution in [0.25, 0.3) is 0 Å². The lowest BCUT2D eigenvalue weighted by Crippen LogP contribution is -2.63. The highest BCUT2D eigenvalue weighted by molar-refractivity contribution is 8.25. The Morgan fingerprint density at radius 2 is 2.04 bits per heavy atom. The molecule has 3 heterocycles. The first-order valence-corrected chi connectivity index (χ1v) is 10.2. The SMILES string of the molecule is C[C@@H](O)[C@H]1C(=O)N2C(C(=O)O)C(=CSC(=S)N3CCN(C)CC3)S[C@H]12. The Hall–Kier alpha value is -0.810. The number of aliphatic hydroxyl groups is 1. The fourth-order valence-corrected chi connectivity index (χ4v) is 6.03. The molecule has 10 heteroatoms. The molecule has 1 unspecified atom stereocenters. The molecular weight excluding hydrogens is 382 g/mol. The summed E-state index contributed by atoms with van der Waals surface area (Å²) in [5.41, 5.74) is 0. The molecule has 0 aromatic heterocycles. The highest BCUT2D eigenvalue weighted by Crippen LogP contribution is 2.51. The van der Waals surface area contributed by atoms with Crippen molar-refractivity contribution in [3.05, 3.63) is 10.3 Å². The number of hydrogen-bond donors (Lipinski definition) is 2. The molecule has 3 saturated heterocycles. The summed E-state index contributed by atoms with van der Waals surface area (Å²) in [6.45, 7) is 5.18. The Morgan fingerprint density at radius 1 is 1.40 bits per heavy atom. The van der Waals surface area contributed by atoms with E-state index in [1.807, 2.05) is 0 Å². The Kier molecular flexibility index (Phi) is 5.64. The third-order valence-corrected chi connectivity index (χ3v) is 7.62. The van der Waals surface area contributed by atoms with Gasteiger partial charge in [0.05, 0.1) is 17.4 Å². The summed E-state index contributed by atoms with van der Waals surface area (Å²) < 4.78 is 0.720. The molecule has 0 saturated carbocycles. The van der Waals surface area contributed by atoms with Crippen molar-refractivity contribution in [3.63, 3.8) is 0 Å². The van der Waals surface area contributed by atoms with Gasteiger partial charge in [0, 0.05) is 31.1 Å². The zero-order chi connectivity index (χ0) is 18.3. The molecule has 4 atom stereocenters. The third kappa shape index (κ3) is 3.55. The van der Waals surface area contributed by atoms with Crippen LogP contribution in [0.2, 0.25) is 0 Å². The van der Waals surface area contributed by atoms with Crippen molar-refractivity contribution in [2.75, 3.05) is 33.2 Å². The van der Waals surface area contributed by atoms with Crippen molar-refractivity contribution in [3.8, 4) is 0 Å². The molecule has 2 N–H and O–H groups in total. The summed E-state index contributed by atoms with van der Waals surface area (Å²) >= 11 is 8.14. The molecule has 7 nitrogen and oxygen atoms in total. The first-order chi connectivity index (χ1) is 11.8. The molecule has 3 aliphatic heterocycles. The Labute approximate surface area is 160 Å². The second kappa shape index (κ2) is 7.43. The summed E-state index contributed by atoms with van der Waals surface area (Å²) in [5.74, 6) is -1.88. The topological polar surface area (TPSA) is 84.3 Å². The van der Waals surface area contributed by atoms with Crippen LogP contribution in [0.5, 0.6) is 0 Å². The van der Waals surface area contributed by atoms with E-state index >= 15 is 0 Å². The number of aliphatic hydroxyl groups excluding tert-OH is 1. The predicted molar refractivity (Wildman–Crippen MR) is 102 cm³/mol. The number of nitrogens with zero attached hydrogens (tertiary/aromatic N) is 3. The van der Waals surface area contributed by atoms with E-state index in [1.165, 1.54) is 28.4 Å². The van der Waals surface area contributed by atoms with Crippen molar-refractivity contribution < 1.29 is 19.8 Å². The minimum Gasteiger partial charge on any atom is -0.479 e. The molecule has 0 spiro atoms. The Balaban J connectivity index is 1.68. The Bertz CT molecular complexity index is 619. The maximum absolute atomic E-state index is 12.2. The molecule has 3 aliphatic rings. The van der Waals surface area contributed by atoms with Gasteiger partial charge in [0.2, 0.25) is 5.91 Å². The molecule has 0 bridgehead atoms. The minimum atomic E-state index is -1.05. The Morgan fingerprint density at radius 3 is 2.60 bits per heavy atom. The molecule has 25 heavy (non-hydrogen) atoms. The lowest BCUT2D eigenvalue weighted by molar-refractivity contribution is -0.165. The number of piperazine rings is 1. The summed E-state index contributed by atoms with van der Waals surface area (Å²) in [4.78, 5) is 30.1. The smallest absolute Gasteiger partial charge is 0.331 e. The third-order valence-electron chi connectivity index (χ3n) is 4.72. The maximum atomic E-state index is 12.2. The lowest BCUT2D eigenvalue weighted by Gasteiger charge is -2.44. The van der Waals surface area contributed by atoms with Crippen LogP contribution in [0.1, 0.15) is 6.92 Å². The number of carboxylic acid groups (broad SMARTS) is 1. The highest BCUT2D eigenvalue weighted by atomic mass is 32.2. The number of carboxylic acids is 1. The van der Waals surface area contributed by atoms with Gasteiger partial charge in [-0.2, -0.15) is 0 Å². The van der Waals surface area contributed by atoms with E-state index < -0.39 is 24.0 Å². The fraction of sp³-hybridized carbons (Fsp3) is 0.667. The van der Waals surface area contributed by atoms with Crippen LogP contribution in [0.3, 0.4) is 0 Å². The zero-order valence-electron chi connectivity index (χ0n) is 14.0. The highest BCUT2D eigenvalue weighted by Gasteiger charge is 2.60. The average molecular weight is 404 g/mol. The van der Waals surface area contributed by atoms with Gasteiger partial charge in [0.25, 0.3) is 0 Å². The lowest BCUT2D eigenvalue weighted by atomic mass is 9.91. The second-order valence-electron chi connectivity index (χ2n) is 6.46. The number of β-lactam (4-membered cyclic amide) rings is 1. The first kappa shape index (κ1) is 19.0. The number of amides is 1. The van der Waals surface area contributed by atoms with E-state index in [0.29, 0.717) is 4.91 Å². The summed E-state index contributed by atoms with van der Waals surface area (Å²) in [6, 6.07) is -0.972. The van der Waals surface area contributed by atoms with E-state index in [9.17, 15) is 19.8 Å². The standard InChI is InChI=1S/C15H21N3O4S3/c1-8(19)10-12(20)18-11(14(21)22)9(25-13(10)18)7-24-15(23)17-5-3-16(2)4-6-17/h7-8,10-11,13,19H,3-6H2,1-2H3,(H,21,22)/t8-,10+,11?,13-/m1/s1. The number of rotatable bonds is 3. The molecule has 3 rings (SSSR count). The number of thioether (sulfide) groups is 2. The van der Waals surface area contributed by atoms with Crippen molar-refractivity contribution in [2.45, 2.75) is 24.4 Å². The van der Waals surface area contributed by atoms with Crippen LogP contribution < -0.4 is 0 Å². The van der Waals surface area contributed by atoms with E-state index in [4.69, 9.17) is 12.2 Å². The van der Waals surface area contributed by atoms with Gasteiger partial charge in [-0.1, -0.05) is 24.0 Å². The van der Waals surface area contributed by atoms with Gasteiger partial charge in [-0.3, -0.25) is 4.79 Å². The molecule has 0 radical (unpaired) electrons. The van der Waals surface area contributed by atoms with Gasteiger partial charge in [-0.05, 0) is 19.4 Å². The molecular formula is C15H21N3O4S3. The van der Waals surface area contributed by atoms with Gasteiger partial charge in [0.1, 0.15) is 4.32 Å². The number of fused-ring (bicyclic) bond motifs is 1. The van der Waals surface area contributed by atoms with E-state index in [2.05, 4.69) is 16.8 Å². The van der Waals surface area contributed by atoms with Gasteiger partial charge in [-0.25, -0.2) is 4.79 Å². The largest absolute Gasteiger partial charge is 0.479 e. The fourth-order valence-electron chi connectivity index (χ4n) is 3.21. The van der Waals surface area contributed by atoms with E-state index in [1.54, 1.807) is 12.3 Å². The van der Waals surface area contributed by atoms with Gasteiger partial charge < -0.3 is 24.9 Å². The van der Waals surface area contributed by atoms with Crippen LogP contribution in [0, 0.1) is 5.92 Å². The average Bonchev–Trinajstić information content (AvgIpc) is 2.87. The van der Waals surface area contributed by atoms with Crippen LogP contribution >= 0.6 is 35.7 Å². The normalized spacial score (nSPS) is 32.5. The number of likely N-dealkylation sites (N-methyl/N-ethyl adjacent to an activating group) is 1. The molecule has 1 amide bonds. The van der Waals surface area contributed by atoms with Crippen molar-refractivity contribution in [1.29, 1.82) is 0 Å².